The zero-order valence-electron chi connectivity index (χ0n) is 22.5. The SMILES string of the molecule is C=CCc1cccc([C@H]2C3=CC[C@@H]4C(=O)N(c5cccc(B(O)O)c5)C(=O)[C@@H]4[C@@H]3C[C@@]3(Cl)C(=O)N(C)C(=O)[C@@]23Cl)c1O. The number of carbonyl (C=O) groups is 4. The predicted molar refractivity (Wildman–Crippen MR) is 156 cm³/mol. The molecule has 2 aliphatic heterocycles. The monoisotopic (exact) mass is 608 g/mol. The summed E-state index contributed by atoms with van der Waals surface area (Å²) in [5, 5.41) is 30.7. The second kappa shape index (κ2) is 9.81. The molecule has 0 unspecified atom stereocenters. The van der Waals surface area contributed by atoms with Gasteiger partial charge in [0.25, 0.3) is 11.8 Å². The third-order valence-corrected chi connectivity index (χ3v) is 10.7. The second-order valence-corrected chi connectivity index (χ2v) is 12.6. The van der Waals surface area contributed by atoms with Gasteiger partial charge in [-0.1, -0.05) is 48.1 Å². The molecular formula is C30H27BCl2N2O7. The summed E-state index contributed by atoms with van der Waals surface area (Å²) in [6.45, 7) is 3.74. The number of hydrogen-bond acceptors (Lipinski definition) is 7. The van der Waals surface area contributed by atoms with Crippen LogP contribution in [-0.4, -0.2) is 67.6 Å². The summed E-state index contributed by atoms with van der Waals surface area (Å²) in [7, 11) is -0.495. The summed E-state index contributed by atoms with van der Waals surface area (Å²) in [4.78, 5) is 53.0. The molecule has 0 radical (unpaired) electrons. The first-order valence-electron chi connectivity index (χ1n) is 13.5. The molecule has 2 aromatic carbocycles. The van der Waals surface area contributed by atoms with Gasteiger partial charge < -0.3 is 15.2 Å². The lowest BCUT2D eigenvalue weighted by molar-refractivity contribution is -0.138. The number of rotatable bonds is 5. The first-order chi connectivity index (χ1) is 19.9. The third kappa shape index (κ3) is 3.65. The van der Waals surface area contributed by atoms with Crippen molar-refractivity contribution in [1.82, 2.24) is 4.90 Å². The summed E-state index contributed by atoms with van der Waals surface area (Å²) in [6.07, 6.45) is 3.72. The van der Waals surface area contributed by atoms with Crippen LogP contribution in [-0.2, 0) is 25.6 Å². The molecule has 2 aliphatic carbocycles. The Bertz CT molecular complexity index is 1610. The van der Waals surface area contributed by atoms with E-state index >= 15 is 0 Å². The van der Waals surface area contributed by atoms with Crippen LogP contribution in [0.3, 0.4) is 0 Å². The summed E-state index contributed by atoms with van der Waals surface area (Å²) in [5.41, 5.74) is 1.69. The predicted octanol–water partition coefficient (Wildman–Crippen LogP) is 1.99. The highest BCUT2D eigenvalue weighted by atomic mass is 35.5. The van der Waals surface area contributed by atoms with Gasteiger partial charge in [-0.05, 0) is 48.3 Å². The number of amides is 4. The maximum atomic E-state index is 14.1. The lowest BCUT2D eigenvalue weighted by Crippen LogP contribution is -2.60. The molecule has 1 saturated carbocycles. The summed E-state index contributed by atoms with van der Waals surface area (Å²) in [5.74, 6) is -6.06. The van der Waals surface area contributed by atoms with E-state index in [1.165, 1.54) is 31.3 Å². The van der Waals surface area contributed by atoms with Crippen LogP contribution < -0.4 is 10.4 Å². The van der Waals surface area contributed by atoms with Crippen molar-refractivity contribution in [2.75, 3.05) is 11.9 Å². The Morgan fingerprint density at radius 2 is 1.76 bits per heavy atom. The zero-order chi connectivity index (χ0) is 30.3. The summed E-state index contributed by atoms with van der Waals surface area (Å²) < 4.78 is 0. The molecule has 42 heavy (non-hydrogen) atoms. The van der Waals surface area contributed by atoms with E-state index in [9.17, 15) is 34.3 Å². The molecule has 4 amide bonds. The molecule has 2 aromatic rings. The highest BCUT2D eigenvalue weighted by molar-refractivity contribution is 6.58. The van der Waals surface area contributed by atoms with Crippen LogP contribution in [0.1, 0.15) is 29.9 Å². The van der Waals surface area contributed by atoms with E-state index in [4.69, 9.17) is 23.2 Å². The Morgan fingerprint density at radius 1 is 1.05 bits per heavy atom. The molecule has 0 bridgehead atoms. The van der Waals surface area contributed by atoms with E-state index in [-0.39, 0.29) is 29.7 Å². The number of carbonyl (C=O) groups excluding carboxylic acids is 4. The Morgan fingerprint density at radius 3 is 2.45 bits per heavy atom. The highest BCUT2D eigenvalue weighted by Gasteiger charge is 2.76. The van der Waals surface area contributed by atoms with E-state index in [0.717, 1.165) is 9.80 Å². The molecule has 9 nitrogen and oxygen atoms in total. The standard InChI is InChI=1S/C30H27BCl2N2O7/c1-3-6-15-7-4-10-20(24(15)36)23-18-11-12-19-22(21(18)14-29(32)27(39)34(2)28(40)30(23,29)33)26(38)35(25(19)37)17-9-5-8-16(13-17)31(41)42/h3-5,7-11,13,19,21-23,36,41-42H,1,6,12,14H2,2H3/t19-,21+,22-,23+,29+,30-/m0/s1. The van der Waals surface area contributed by atoms with Crippen LogP contribution in [0.25, 0.3) is 0 Å². The largest absolute Gasteiger partial charge is 0.507 e. The molecular weight excluding hydrogens is 582 g/mol. The van der Waals surface area contributed by atoms with Crippen molar-refractivity contribution in [2.45, 2.75) is 34.9 Å². The molecule has 12 heteroatoms. The van der Waals surface area contributed by atoms with Gasteiger partial charge in [-0.3, -0.25) is 29.0 Å². The quantitative estimate of drug-likeness (QED) is 0.204. The van der Waals surface area contributed by atoms with Crippen LogP contribution in [0, 0.1) is 17.8 Å². The molecule has 4 aliphatic rings. The minimum absolute atomic E-state index is 0.110. The van der Waals surface area contributed by atoms with Crippen molar-refractivity contribution in [2.24, 2.45) is 17.8 Å². The minimum atomic E-state index is -2.00. The lowest BCUT2D eigenvalue weighted by atomic mass is 9.56. The molecule has 0 spiro atoms. The van der Waals surface area contributed by atoms with Gasteiger partial charge in [0.1, 0.15) is 5.75 Å². The number of halogens is 2. The number of benzene rings is 2. The smallest absolute Gasteiger partial charge is 0.488 e. The number of allylic oxidation sites excluding steroid dienone is 3. The van der Waals surface area contributed by atoms with Gasteiger partial charge in [0.05, 0.1) is 17.5 Å². The Kier molecular flexibility index (Phi) is 6.69. The molecule has 216 valence electrons. The number of anilines is 1. The van der Waals surface area contributed by atoms with Gasteiger partial charge in [-0.25, -0.2) is 0 Å². The molecule has 3 fully saturated rings. The molecule has 0 aromatic heterocycles. The average Bonchev–Trinajstić information content (AvgIpc) is 3.29. The fourth-order valence-corrected chi connectivity index (χ4v) is 8.34. The van der Waals surface area contributed by atoms with Crippen molar-refractivity contribution in [1.29, 1.82) is 0 Å². The maximum absolute atomic E-state index is 14.1. The Balaban J connectivity index is 1.51. The molecule has 2 saturated heterocycles. The molecule has 6 rings (SSSR count). The number of imide groups is 2. The topological polar surface area (TPSA) is 135 Å². The average molecular weight is 609 g/mol. The van der Waals surface area contributed by atoms with Crippen molar-refractivity contribution in [3.8, 4) is 5.75 Å². The van der Waals surface area contributed by atoms with Gasteiger partial charge in [0.2, 0.25) is 11.8 Å². The minimum Gasteiger partial charge on any atom is -0.507 e. The van der Waals surface area contributed by atoms with Crippen LogP contribution in [0.2, 0.25) is 0 Å². The Labute approximate surface area is 252 Å². The van der Waals surface area contributed by atoms with Gasteiger partial charge in [0.15, 0.2) is 9.75 Å². The number of alkyl halides is 2. The number of aromatic hydroxyl groups is 1. The maximum Gasteiger partial charge on any atom is 0.488 e. The zero-order valence-corrected chi connectivity index (χ0v) is 24.0. The van der Waals surface area contributed by atoms with E-state index < -0.39 is 64.2 Å². The van der Waals surface area contributed by atoms with E-state index in [0.29, 0.717) is 23.1 Å². The fraction of sp³-hybridized carbons (Fsp3) is 0.333. The number of phenols is 1. The third-order valence-electron chi connectivity index (χ3n) is 9.27. The summed E-state index contributed by atoms with van der Waals surface area (Å²) in [6, 6.07) is 10.9. The number of hydrogen-bond donors (Lipinski definition) is 3. The number of phenolic OH excluding ortho intramolecular Hbond substituents is 1. The van der Waals surface area contributed by atoms with Crippen LogP contribution in [0.5, 0.6) is 5.75 Å². The van der Waals surface area contributed by atoms with Gasteiger partial charge in [-0.2, -0.15) is 0 Å². The van der Waals surface area contributed by atoms with Crippen molar-refractivity contribution in [3.63, 3.8) is 0 Å². The number of likely N-dealkylation sites (tertiary alicyclic amines) is 1. The first kappa shape index (κ1) is 28.7. The molecule has 3 N–H and O–H groups in total. The van der Waals surface area contributed by atoms with E-state index in [1.54, 1.807) is 30.4 Å². The van der Waals surface area contributed by atoms with Gasteiger partial charge in [0, 0.05) is 18.5 Å². The highest BCUT2D eigenvalue weighted by Crippen LogP contribution is 2.66. The number of nitrogens with zero attached hydrogens (tertiary/aromatic N) is 2. The van der Waals surface area contributed by atoms with E-state index in [2.05, 4.69) is 6.58 Å². The van der Waals surface area contributed by atoms with Crippen LogP contribution in [0.4, 0.5) is 5.69 Å². The van der Waals surface area contributed by atoms with Crippen LogP contribution >= 0.6 is 23.2 Å². The Hall–Kier alpha value is -3.44. The normalized spacial score (nSPS) is 32.0. The lowest BCUT2D eigenvalue weighted by Gasteiger charge is -2.50. The van der Waals surface area contributed by atoms with Gasteiger partial charge in [-0.15, -0.1) is 29.8 Å². The molecule has 6 atom stereocenters. The molecule has 2 heterocycles. The van der Waals surface area contributed by atoms with Crippen molar-refractivity contribution in [3.05, 3.63) is 77.9 Å². The number of fused-ring (bicyclic) bond motifs is 4. The first-order valence-corrected chi connectivity index (χ1v) is 14.3. The van der Waals surface area contributed by atoms with Crippen molar-refractivity contribution < 1.29 is 34.3 Å². The summed E-state index contributed by atoms with van der Waals surface area (Å²) >= 11 is 14.4. The van der Waals surface area contributed by atoms with Crippen LogP contribution in [0.15, 0.2) is 66.8 Å². The fourth-order valence-electron chi connectivity index (χ4n) is 7.33. The van der Waals surface area contributed by atoms with Crippen molar-refractivity contribution >= 4 is 65.1 Å². The second-order valence-electron chi connectivity index (χ2n) is 11.3. The van der Waals surface area contributed by atoms with E-state index in [1.807, 2.05) is 0 Å². The van der Waals surface area contributed by atoms with Gasteiger partial charge >= 0.3 is 7.12 Å². The number of para-hydroxylation sites is 1.